The molecule has 2 N–H and O–H groups in total. The zero-order chi connectivity index (χ0) is 0. The Balaban J connectivity index is 0. The minimum absolute atomic E-state index is 0. The Morgan fingerprint density at radius 3 is 0.333 bits per heavy atom. The van der Waals surface area contributed by atoms with Crippen molar-refractivity contribution in [2.24, 2.45) is 0 Å². The van der Waals surface area contributed by atoms with E-state index in [2.05, 4.69) is 0 Å². The van der Waals surface area contributed by atoms with Gasteiger partial charge >= 0.3 is 0 Å². The minimum atomic E-state index is 0. The van der Waals surface area contributed by atoms with Crippen LogP contribution in [0.4, 0.5) is 0 Å². The summed E-state index contributed by atoms with van der Waals surface area (Å²) in [5, 5.41) is 0. The van der Waals surface area contributed by atoms with Gasteiger partial charge in [-0.3, -0.25) is 0 Å². The molecule has 0 aromatic carbocycles. The standard InChI is InChI=1S/H2O.5Zn/h1H2;;;;;. The van der Waals surface area contributed by atoms with Gasteiger partial charge in [-0.1, -0.05) is 0 Å². The van der Waals surface area contributed by atoms with Crippen LogP contribution in [0.2, 0.25) is 0 Å². The van der Waals surface area contributed by atoms with Gasteiger partial charge in [-0.25, -0.2) is 0 Å². The van der Waals surface area contributed by atoms with Gasteiger partial charge in [0.25, 0.3) is 0 Å². The molecular weight excluding hydrogens is 343 g/mol. The van der Waals surface area contributed by atoms with Crippen molar-refractivity contribution in [1.82, 2.24) is 0 Å². The predicted octanol–water partition coefficient (Wildman–Crippen LogP) is -0.837. The zero-order valence-corrected chi connectivity index (χ0v) is 18.9. The maximum atomic E-state index is 0. The van der Waals surface area contributed by atoms with Crippen LogP contribution in [0.25, 0.3) is 0 Å². The molecule has 6 heteroatoms. The van der Waals surface area contributed by atoms with E-state index in [1.807, 2.05) is 0 Å². The van der Waals surface area contributed by atoms with Gasteiger partial charge in [0.2, 0.25) is 0 Å². The Morgan fingerprint density at radius 1 is 0.333 bits per heavy atom. The molecule has 0 aromatic heterocycles. The minimum Gasteiger partial charge on any atom is -0.412 e. The van der Waals surface area contributed by atoms with E-state index in [4.69, 9.17) is 0 Å². The van der Waals surface area contributed by atoms with Gasteiger partial charge in [-0.2, -0.15) is 0 Å². The van der Waals surface area contributed by atoms with Gasteiger partial charge in [0, 0.05) is 97.4 Å². The van der Waals surface area contributed by atoms with Crippen molar-refractivity contribution >= 4 is 0 Å². The van der Waals surface area contributed by atoms with Crippen LogP contribution in [-0.2, 0) is 97.4 Å². The summed E-state index contributed by atoms with van der Waals surface area (Å²) in [7, 11) is 0. The van der Waals surface area contributed by atoms with Crippen molar-refractivity contribution in [2.75, 3.05) is 0 Å². The van der Waals surface area contributed by atoms with Crippen molar-refractivity contribution in [1.29, 1.82) is 0 Å². The van der Waals surface area contributed by atoms with Crippen LogP contribution >= 0.6 is 0 Å². The summed E-state index contributed by atoms with van der Waals surface area (Å²) in [5.41, 5.74) is 0. The van der Waals surface area contributed by atoms with Crippen molar-refractivity contribution in [2.45, 2.75) is 0 Å². The van der Waals surface area contributed by atoms with E-state index in [0.717, 1.165) is 0 Å². The fraction of sp³-hybridized carbons (Fsp3) is 0. The van der Waals surface area contributed by atoms with Crippen molar-refractivity contribution in [3.05, 3.63) is 0 Å². The van der Waals surface area contributed by atoms with Gasteiger partial charge in [-0.05, 0) is 0 Å². The predicted molar refractivity (Wildman–Crippen MR) is 3.61 cm³/mol. The molecule has 0 bridgehead atoms. The molecule has 6 heavy (non-hydrogen) atoms. The third-order valence-electron chi connectivity index (χ3n) is 0. The molecule has 0 fully saturated rings. The quantitative estimate of drug-likeness (QED) is 0.513. The largest absolute Gasteiger partial charge is 0.412 e. The van der Waals surface area contributed by atoms with Crippen molar-refractivity contribution in [3.63, 3.8) is 0 Å². The first-order chi connectivity index (χ1) is 0. The molecule has 0 atom stereocenters. The van der Waals surface area contributed by atoms with Crippen LogP contribution in [-0.4, -0.2) is 5.48 Å². The van der Waals surface area contributed by atoms with E-state index in [9.17, 15) is 0 Å². The van der Waals surface area contributed by atoms with Crippen LogP contribution in [0.5, 0.6) is 0 Å². The normalized spacial score (nSPS) is 0. The second kappa shape index (κ2) is 42.7. The summed E-state index contributed by atoms with van der Waals surface area (Å²) in [4.78, 5) is 0. The van der Waals surface area contributed by atoms with E-state index in [1.165, 1.54) is 0 Å². The molecule has 18 valence electrons. The number of hydrogen-bond acceptors (Lipinski definition) is 0. The summed E-state index contributed by atoms with van der Waals surface area (Å²) < 4.78 is 0. The Bertz CT molecular complexity index is 3.90. The first-order valence-electron chi connectivity index (χ1n) is 0. The topological polar surface area (TPSA) is 31.5 Å². The molecule has 0 aliphatic carbocycles. The summed E-state index contributed by atoms with van der Waals surface area (Å²) in [6.45, 7) is 0. The molecule has 0 spiro atoms. The molecule has 0 saturated carbocycles. The molecule has 0 aromatic rings. The third kappa shape index (κ3) is 27.6. The Kier molecular flexibility index (Phi) is 445. The average Bonchev–Trinajstić information content (AvgIpc) is 0. The zero-order valence-electron chi connectivity index (χ0n) is 4.04. The third-order valence-corrected chi connectivity index (χ3v) is 0. The summed E-state index contributed by atoms with van der Waals surface area (Å²) in [6.07, 6.45) is 0. The van der Waals surface area contributed by atoms with E-state index < -0.39 is 0 Å². The molecule has 0 aliphatic rings. The van der Waals surface area contributed by atoms with E-state index in [-0.39, 0.29) is 103 Å². The fourth-order valence-corrected chi connectivity index (χ4v) is 0. The van der Waals surface area contributed by atoms with Crippen LogP contribution in [0.3, 0.4) is 0 Å². The molecule has 0 radical (unpaired) electrons. The van der Waals surface area contributed by atoms with Crippen molar-refractivity contribution in [3.8, 4) is 0 Å². The summed E-state index contributed by atoms with van der Waals surface area (Å²) in [6, 6.07) is 0. The molecular formula is H2OZn5. The Labute approximate surface area is 101 Å². The van der Waals surface area contributed by atoms with Crippen LogP contribution in [0.15, 0.2) is 0 Å². The summed E-state index contributed by atoms with van der Waals surface area (Å²) in [5.74, 6) is 0. The monoisotopic (exact) mass is 338 g/mol. The van der Waals surface area contributed by atoms with Gasteiger partial charge < -0.3 is 5.48 Å². The first kappa shape index (κ1) is 62.5. The van der Waals surface area contributed by atoms with E-state index >= 15 is 0 Å². The van der Waals surface area contributed by atoms with Gasteiger partial charge in [0.05, 0.1) is 0 Å². The Morgan fingerprint density at radius 2 is 0.333 bits per heavy atom. The molecule has 0 saturated heterocycles. The molecule has 0 unspecified atom stereocenters. The maximum Gasteiger partial charge on any atom is 0 e. The number of rotatable bonds is 0. The van der Waals surface area contributed by atoms with Gasteiger partial charge in [-0.15, -0.1) is 0 Å². The molecule has 0 rings (SSSR count). The average molecular weight is 345 g/mol. The second-order valence-electron chi connectivity index (χ2n) is 0. The molecule has 0 aliphatic heterocycles. The van der Waals surface area contributed by atoms with Gasteiger partial charge in [0.15, 0.2) is 0 Å². The van der Waals surface area contributed by atoms with E-state index in [1.54, 1.807) is 0 Å². The second-order valence-corrected chi connectivity index (χ2v) is 0. The fourth-order valence-electron chi connectivity index (χ4n) is 0. The molecule has 1 nitrogen and oxygen atoms in total. The molecule has 0 heterocycles. The van der Waals surface area contributed by atoms with Gasteiger partial charge in [0.1, 0.15) is 0 Å². The smallest absolute Gasteiger partial charge is 0 e. The molecule has 0 amide bonds. The summed E-state index contributed by atoms with van der Waals surface area (Å²) >= 11 is 0. The number of hydrogen-bond donors (Lipinski definition) is 0. The van der Waals surface area contributed by atoms with Crippen LogP contribution < -0.4 is 0 Å². The maximum absolute atomic E-state index is 0. The van der Waals surface area contributed by atoms with Crippen LogP contribution in [0, 0.1) is 0 Å². The SMILES string of the molecule is O.[Zn].[Zn].[Zn].[Zn].[Zn]. The van der Waals surface area contributed by atoms with E-state index in [0.29, 0.717) is 0 Å². The first-order valence-corrected chi connectivity index (χ1v) is 0. The van der Waals surface area contributed by atoms with Crippen LogP contribution in [0.1, 0.15) is 0 Å². The Hall–Kier alpha value is 3.08. The van der Waals surface area contributed by atoms with Crippen molar-refractivity contribution < 1.29 is 103 Å².